The lowest BCUT2D eigenvalue weighted by atomic mass is 10.2. The lowest BCUT2D eigenvalue weighted by Crippen LogP contribution is -2.45. The topological polar surface area (TPSA) is 122 Å². The number of amides is 3. The number of aliphatic carboxylic acids is 1. The number of carboxylic acid groups (broad SMARTS) is 1. The average Bonchev–Trinajstić information content (AvgIpc) is 2.32. The molecule has 0 saturated heterocycles. The van der Waals surface area contributed by atoms with Crippen molar-refractivity contribution in [2.24, 2.45) is 5.73 Å². The van der Waals surface area contributed by atoms with Crippen LogP contribution in [0.5, 0.6) is 0 Å². The van der Waals surface area contributed by atoms with Gasteiger partial charge in [0.1, 0.15) is 6.04 Å². The first-order valence-electron chi connectivity index (χ1n) is 5.33. The zero-order chi connectivity index (χ0) is 15.3. The van der Waals surface area contributed by atoms with Gasteiger partial charge in [0.15, 0.2) is 0 Å². The molecular weight excluding hydrogens is 353 g/mol. The number of rotatable bonds is 5. The normalized spacial score (nSPS) is 11.5. The molecule has 1 atom stereocenters. The number of halogens is 2. The van der Waals surface area contributed by atoms with Gasteiger partial charge in [-0.1, -0.05) is 11.6 Å². The number of hydrogen-bond acceptors (Lipinski definition) is 3. The number of carboxylic acids is 1. The maximum atomic E-state index is 11.7. The Balaban J connectivity index is 2.72. The van der Waals surface area contributed by atoms with Crippen LogP contribution in [0.15, 0.2) is 22.7 Å². The predicted molar refractivity (Wildman–Crippen MR) is 76.5 cm³/mol. The average molecular weight is 365 g/mol. The van der Waals surface area contributed by atoms with E-state index in [1.54, 1.807) is 12.1 Å². The van der Waals surface area contributed by atoms with Crippen LogP contribution in [0, 0.1) is 0 Å². The Morgan fingerprint density at radius 1 is 1.40 bits per heavy atom. The van der Waals surface area contributed by atoms with Crippen molar-refractivity contribution in [1.29, 1.82) is 0 Å². The summed E-state index contributed by atoms with van der Waals surface area (Å²) < 4.78 is 0.568. The molecule has 0 radical (unpaired) electrons. The molecule has 0 spiro atoms. The molecule has 1 aromatic carbocycles. The minimum atomic E-state index is -1.40. The fourth-order valence-corrected chi connectivity index (χ4v) is 1.83. The number of primary amides is 1. The summed E-state index contributed by atoms with van der Waals surface area (Å²) in [6.07, 6.45) is -0.501. The van der Waals surface area contributed by atoms with Crippen molar-refractivity contribution in [3.8, 4) is 0 Å². The molecule has 0 saturated carbocycles. The fourth-order valence-electron chi connectivity index (χ4n) is 1.31. The second-order valence-corrected chi connectivity index (χ2v) is 5.07. The molecule has 9 heteroatoms. The van der Waals surface area contributed by atoms with E-state index in [4.69, 9.17) is 22.4 Å². The van der Waals surface area contributed by atoms with Crippen LogP contribution in [0.1, 0.15) is 6.42 Å². The Morgan fingerprint density at radius 2 is 2.05 bits per heavy atom. The summed E-state index contributed by atoms with van der Waals surface area (Å²) in [7, 11) is 0. The van der Waals surface area contributed by atoms with Crippen LogP contribution in [-0.4, -0.2) is 29.1 Å². The van der Waals surface area contributed by atoms with Gasteiger partial charge in [0.25, 0.3) is 0 Å². The van der Waals surface area contributed by atoms with Crippen LogP contribution in [-0.2, 0) is 9.59 Å². The van der Waals surface area contributed by atoms with E-state index in [0.29, 0.717) is 15.2 Å². The van der Waals surface area contributed by atoms with Crippen molar-refractivity contribution in [2.75, 3.05) is 5.32 Å². The van der Waals surface area contributed by atoms with E-state index in [9.17, 15) is 14.4 Å². The molecule has 1 rings (SSSR count). The van der Waals surface area contributed by atoms with Crippen LogP contribution in [0.3, 0.4) is 0 Å². The van der Waals surface area contributed by atoms with E-state index in [2.05, 4.69) is 26.6 Å². The number of urea groups is 1. The molecule has 0 aliphatic rings. The van der Waals surface area contributed by atoms with E-state index in [1.807, 2.05) is 0 Å². The summed E-state index contributed by atoms with van der Waals surface area (Å²) in [5.74, 6) is -2.19. The number of nitrogens with one attached hydrogen (secondary N) is 2. The summed E-state index contributed by atoms with van der Waals surface area (Å²) in [6.45, 7) is 0. The van der Waals surface area contributed by atoms with Gasteiger partial charge in [0.2, 0.25) is 5.91 Å². The Kier molecular flexibility index (Phi) is 5.78. The SMILES string of the molecule is NC(=O)C[C@@H](NC(=O)Nc1cc(Cl)ccc1Br)C(=O)O. The molecule has 7 nitrogen and oxygen atoms in total. The van der Waals surface area contributed by atoms with Gasteiger partial charge in [-0.3, -0.25) is 4.79 Å². The van der Waals surface area contributed by atoms with E-state index >= 15 is 0 Å². The van der Waals surface area contributed by atoms with Gasteiger partial charge >= 0.3 is 12.0 Å². The van der Waals surface area contributed by atoms with Gasteiger partial charge in [-0.2, -0.15) is 0 Å². The van der Waals surface area contributed by atoms with Gasteiger partial charge in [-0.25, -0.2) is 9.59 Å². The van der Waals surface area contributed by atoms with E-state index in [1.165, 1.54) is 6.07 Å². The maximum absolute atomic E-state index is 11.7. The highest BCUT2D eigenvalue weighted by atomic mass is 79.9. The molecule has 108 valence electrons. The molecule has 1 aromatic rings. The van der Waals surface area contributed by atoms with Crippen LogP contribution in [0.4, 0.5) is 10.5 Å². The van der Waals surface area contributed by atoms with Gasteiger partial charge in [-0.15, -0.1) is 0 Å². The predicted octanol–water partition coefficient (Wildman–Crippen LogP) is 1.55. The fraction of sp³-hybridized carbons (Fsp3) is 0.182. The van der Waals surface area contributed by atoms with Gasteiger partial charge in [-0.05, 0) is 34.1 Å². The molecule has 0 bridgehead atoms. The third-order valence-corrected chi connectivity index (χ3v) is 3.11. The summed E-state index contributed by atoms with van der Waals surface area (Å²) >= 11 is 8.98. The first-order valence-corrected chi connectivity index (χ1v) is 6.50. The summed E-state index contributed by atoms with van der Waals surface area (Å²) in [5.41, 5.74) is 5.26. The van der Waals surface area contributed by atoms with E-state index in [-0.39, 0.29) is 0 Å². The first kappa shape index (κ1) is 16.3. The van der Waals surface area contributed by atoms with E-state index in [0.717, 1.165) is 0 Å². The van der Waals surface area contributed by atoms with Crippen LogP contribution in [0.2, 0.25) is 5.02 Å². The molecule has 0 heterocycles. The molecule has 20 heavy (non-hydrogen) atoms. The minimum Gasteiger partial charge on any atom is -0.480 e. The highest BCUT2D eigenvalue weighted by Gasteiger charge is 2.22. The van der Waals surface area contributed by atoms with Gasteiger partial charge in [0, 0.05) is 9.50 Å². The second-order valence-electron chi connectivity index (χ2n) is 3.78. The van der Waals surface area contributed by atoms with Crippen molar-refractivity contribution in [3.05, 3.63) is 27.7 Å². The third kappa shape index (κ3) is 5.06. The van der Waals surface area contributed by atoms with E-state index < -0.39 is 30.4 Å². The number of hydrogen-bond donors (Lipinski definition) is 4. The van der Waals surface area contributed by atoms with Crippen molar-refractivity contribution < 1.29 is 19.5 Å². The Bertz CT molecular complexity index is 552. The molecular formula is C11H11BrClN3O4. The monoisotopic (exact) mass is 363 g/mol. The summed E-state index contributed by atoms with van der Waals surface area (Å²) in [4.78, 5) is 33.2. The zero-order valence-electron chi connectivity index (χ0n) is 10.0. The number of carbonyl (C=O) groups is 3. The Morgan fingerprint density at radius 3 is 2.60 bits per heavy atom. The third-order valence-electron chi connectivity index (χ3n) is 2.19. The minimum absolute atomic E-state index is 0.359. The maximum Gasteiger partial charge on any atom is 0.326 e. The molecule has 0 aromatic heterocycles. The lowest BCUT2D eigenvalue weighted by Gasteiger charge is -2.14. The smallest absolute Gasteiger partial charge is 0.326 e. The van der Waals surface area contributed by atoms with Crippen molar-refractivity contribution >= 4 is 51.1 Å². The molecule has 3 amide bonds. The number of carbonyl (C=O) groups excluding carboxylic acids is 2. The van der Waals surface area contributed by atoms with Crippen LogP contribution < -0.4 is 16.4 Å². The van der Waals surface area contributed by atoms with Crippen molar-refractivity contribution in [2.45, 2.75) is 12.5 Å². The number of anilines is 1. The molecule has 0 aliphatic heterocycles. The Hall–Kier alpha value is -1.80. The summed E-state index contributed by atoms with van der Waals surface area (Å²) in [6, 6.07) is 2.53. The number of nitrogens with two attached hydrogens (primary N) is 1. The second kappa shape index (κ2) is 7.11. The first-order chi connectivity index (χ1) is 9.29. The van der Waals surface area contributed by atoms with Crippen LogP contribution >= 0.6 is 27.5 Å². The number of benzene rings is 1. The van der Waals surface area contributed by atoms with Crippen molar-refractivity contribution in [1.82, 2.24) is 5.32 Å². The highest BCUT2D eigenvalue weighted by molar-refractivity contribution is 9.10. The lowest BCUT2D eigenvalue weighted by molar-refractivity contribution is -0.140. The van der Waals surface area contributed by atoms with Gasteiger partial charge < -0.3 is 21.5 Å². The highest BCUT2D eigenvalue weighted by Crippen LogP contribution is 2.25. The largest absolute Gasteiger partial charge is 0.480 e. The Labute approximate surface area is 127 Å². The summed E-state index contributed by atoms with van der Waals surface area (Å²) in [5, 5.41) is 13.8. The molecule has 0 fully saturated rings. The van der Waals surface area contributed by atoms with Crippen LogP contribution in [0.25, 0.3) is 0 Å². The van der Waals surface area contributed by atoms with Gasteiger partial charge in [0.05, 0.1) is 12.1 Å². The quantitative estimate of drug-likeness (QED) is 0.633. The van der Waals surface area contributed by atoms with Crippen molar-refractivity contribution in [3.63, 3.8) is 0 Å². The zero-order valence-corrected chi connectivity index (χ0v) is 12.4. The molecule has 5 N–H and O–H groups in total. The molecule has 0 unspecified atom stereocenters. The molecule has 0 aliphatic carbocycles. The standard InChI is InChI=1S/C11H11BrClN3O4/c12-6-2-1-5(13)3-7(6)15-11(20)16-8(10(18)19)4-9(14)17/h1-3,8H,4H2,(H2,14,17)(H,18,19)(H2,15,16,20)/t8-/m1/s1.